The average Bonchev–Trinajstić information content (AvgIpc) is 2.74. The minimum atomic E-state index is -0.857. The topological polar surface area (TPSA) is 37.3 Å². The van der Waals surface area contributed by atoms with Crippen molar-refractivity contribution in [1.82, 2.24) is 0 Å². The molecule has 0 aliphatic rings. The van der Waals surface area contributed by atoms with E-state index in [1.807, 2.05) is 11.4 Å². The summed E-state index contributed by atoms with van der Waals surface area (Å²) in [5.74, 6) is -1.74. The van der Waals surface area contributed by atoms with Gasteiger partial charge in [-0.3, -0.25) is 4.79 Å². The summed E-state index contributed by atoms with van der Waals surface area (Å²) >= 11 is 4.92. The van der Waals surface area contributed by atoms with Crippen LogP contribution in [0.1, 0.15) is 10.4 Å². The number of carbonyl (C=O) groups is 1. The molecule has 2 aromatic rings. The SMILES string of the molecule is O=C(O)C(Cc1cccc(F)c1)Cc1sccc1Br. The quantitative estimate of drug-likeness (QED) is 0.886. The molecule has 0 radical (unpaired) electrons. The van der Waals surface area contributed by atoms with Crippen molar-refractivity contribution in [3.63, 3.8) is 0 Å². The molecule has 0 spiro atoms. The van der Waals surface area contributed by atoms with Crippen molar-refractivity contribution in [3.8, 4) is 0 Å². The van der Waals surface area contributed by atoms with Gasteiger partial charge in [-0.1, -0.05) is 12.1 Å². The fraction of sp³-hybridized carbons (Fsp3) is 0.214. The zero-order valence-corrected chi connectivity index (χ0v) is 12.4. The molecule has 1 N–H and O–H groups in total. The molecule has 0 fully saturated rings. The van der Waals surface area contributed by atoms with E-state index in [9.17, 15) is 14.3 Å². The van der Waals surface area contributed by atoms with Gasteiger partial charge >= 0.3 is 5.97 Å². The molecule has 0 aliphatic heterocycles. The molecule has 1 aromatic heterocycles. The van der Waals surface area contributed by atoms with E-state index in [-0.39, 0.29) is 5.82 Å². The van der Waals surface area contributed by atoms with Crippen LogP contribution in [0.3, 0.4) is 0 Å². The van der Waals surface area contributed by atoms with E-state index >= 15 is 0 Å². The Bertz CT molecular complexity index is 582. The molecule has 1 unspecified atom stereocenters. The molecule has 0 aliphatic carbocycles. The van der Waals surface area contributed by atoms with Gasteiger partial charge in [0.25, 0.3) is 0 Å². The van der Waals surface area contributed by atoms with Gasteiger partial charge in [-0.25, -0.2) is 4.39 Å². The van der Waals surface area contributed by atoms with Crippen LogP contribution in [0.4, 0.5) is 4.39 Å². The number of benzene rings is 1. The van der Waals surface area contributed by atoms with Crippen LogP contribution in [0.15, 0.2) is 40.2 Å². The molecule has 2 nitrogen and oxygen atoms in total. The Morgan fingerprint density at radius 2 is 2.16 bits per heavy atom. The molecule has 0 saturated heterocycles. The molecule has 2 rings (SSSR count). The van der Waals surface area contributed by atoms with E-state index in [0.717, 1.165) is 9.35 Å². The number of hydrogen-bond acceptors (Lipinski definition) is 2. The minimum absolute atomic E-state index is 0.331. The van der Waals surface area contributed by atoms with E-state index in [1.54, 1.807) is 12.1 Å². The van der Waals surface area contributed by atoms with Crippen molar-refractivity contribution in [3.05, 3.63) is 56.4 Å². The van der Waals surface area contributed by atoms with Gasteiger partial charge in [0.2, 0.25) is 0 Å². The lowest BCUT2D eigenvalue weighted by molar-refractivity contribution is -0.141. The summed E-state index contributed by atoms with van der Waals surface area (Å²) in [6, 6.07) is 8.00. The van der Waals surface area contributed by atoms with Crippen LogP contribution in [0.2, 0.25) is 0 Å². The van der Waals surface area contributed by atoms with E-state index < -0.39 is 11.9 Å². The highest BCUT2D eigenvalue weighted by Crippen LogP contribution is 2.27. The monoisotopic (exact) mass is 342 g/mol. The molecule has 100 valence electrons. The highest BCUT2D eigenvalue weighted by molar-refractivity contribution is 9.10. The second-order valence-corrected chi connectivity index (χ2v) is 6.12. The average molecular weight is 343 g/mol. The predicted molar refractivity (Wildman–Crippen MR) is 77.0 cm³/mol. The zero-order chi connectivity index (χ0) is 13.8. The fourth-order valence-corrected chi connectivity index (χ4v) is 3.49. The number of carboxylic acids is 1. The lowest BCUT2D eigenvalue weighted by Crippen LogP contribution is -2.19. The first-order valence-electron chi connectivity index (χ1n) is 5.75. The highest BCUT2D eigenvalue weighted by Gasteiger charge is 2.20. The summed E-state index contributed by atoms with van der Waals surface area (Å²) in [6.07, 6.45) is 0.779. The number of rotatable bonds is 5. The Hall–Kier alpha value is -1.20. The molecule has 5 heteroatoms. The second-order valence-electron chi connectivity index (χ2n) is 4.27. The van der Waals surface area contributed by atoms with Gasteiger partial charge in [0.05, 0.1) is 5.92 Å². The first-order chi connectivity index (χ1) is 9.06. The lowest BCUT2D eigenvalue weighted by Gasteiger charge is -2.12. The molecule has 19 heavy (non-hydrogen) atoms. The van der Waals surface area contributed by atoms with E-state index in [4.69, 9.17) is 0 Å². The number of carboxylic acid groups (broad SMARTS) is 1. The summed E-state index contributed by atoms with van der Waals surface area (Å²) in [7, 11) is 0. The molecule has 0 saturated carbocycles. The molecule has 1 atom stereocenters. The molecule has 0 bridgehead atoms. The van der Waals surface area contributed by atoms with Crippen LogP contribution in [-0.4, -0.2) is 11.1 Å². The third kappa shape index (κ3) is 3.88. The normalized spacial score (nSPS) is 12.3. The van der Waals surface area contributed by atoms with Gasteiger partial charge in [0, 0.05) is 9.35 Å². The van der Waals surface area contributed by atoms with Crippen LogP contribution >= 0.6 is 27.3 Å². The number of halogens is 2. The number of thiophene rings is 1. The molecular weight excluding hydrogens is 331 g/mol. The van der Waals surface area contributed by atoms with Gasteiger partial charge in [0.1, 0.15) is 5.82 Å². The molecular formula is C14H12BrFO2S. The van der Waals surface area contributed by atoms with Crippen molar-refractivity contribution in [2.45, 2.75) is 12.8 Å². The maximum Gasteiger partial charge on any atom is 0.307 e. The van der Waals surface area contributed by atoms with Crippen LogP contribution in [0.25, 0.3) is 0 Å². The summed E-state index contributed by atoms with van der Waals surface area (Å²) in [5, 5.41) is 11.2. The van der Waals surface area contributed by atoms with Crippen molar-refractivity contribution >= 4 is 33.2 Å². The maximum absolute atomic E-state index is 13.1. The summed E-state index contributed by atoms with van der Waals surface area (Å²) in [4.78, 5) is 12.3. The Balaban J connectivity index is 2.13. The third-order valence-corrected chi connectivity index (χ3v) is 4.79. The standard InChI is InChI=1S/C14H12BrFO2S/c15-12-4-5-19-13(12)8-10(14(17)18)6-9-2-1-3-11(16)7-9/h1-5,7,10H,6,8H2,(H,17,18). The highest BCUT2D eigenvalue weighted by atomic mass is 79.9. The van der Waals surface area contributed by atoms with Gasteiger partial charge in [-0.05, 0) is 57.9 Å². The van der Waals surface area contributed by atoms with Gasteiger partial charge in [0.15, 0.2) is 0 Å². The van der Waals surface area contributed by atoms with Crippen LogP contribution in [0.5, 0.6) is 0 Å². The summed E-state index contributed by atoms with van der Waals surface area (Å²) in [6.45, 7) is 0. The number of aliphatic carboxylic acids is 1. The van der Waals surface area contributed by atoms with Crippen molar-refractivity contribution in [1.29, 1.82) is 0 Å². The van der Waals surface area contributed by atoms with Crippen molar-refractivity contribution in [2.75, 3.05) is 0 Å². The Morgan fingerprint density at radius 1 is 1.37 bits per heavy atom. The Morgan fingerprint density at radius 3 is 2.74 bits per heavy atom. The first-order valence-corrected chi connectivity index (χ1v) is 7.42. The smallest absolute Gasteiger partial charge is 0.307 e. The molecule has 1 aromatic carbocycles. The van der Waals surface area contributed by atoms with Crippen molar-refractivity contribution < 1.29 is 14.3 Å². The van der Waals surface area contributed by atoms with E-state index in [1.165, 1.54) is 23.5 Å². The number of hydrogen-bond donors (Lipinski definition) is 1. The minimum Gasteiger partial charge on any atom is -0.481 e. The molecule has 0 amide bonds. The third-order valence-electron chi connectivity index (χ3n) is 2.84. The first kappa shape index (κ1) is 14.2. The van der Waals surface area contributed by atoms with Crippen molar-refractivity contribution in [2.24, 2.45) is 5.92 Å². The Labute approximate surface area is 123 Å². The van der Waals surface area contributed by atoms with Crippen LogP contribution in [0, 0.1) is 11.7 Å². The zero-order valence-electron chi connectivity index (χ0n) is 9.98. The van der Waals surface area contributed by atoms with Gasteiger partial charge in [-0.15, -0.1) is 11.3 Å². The lowest BCUT2D eigenvalue weighted by atomic mass is 9.95. The predicted octanol–water partition coefficient (Wildman–Crippen LogP) is 4.14. The maximum atomic E-state index is 13.1. The molecule has 1 heterocycles. The largest absolute Gasteiger partial charge is 0.481 e. The van der Waals surface area contributed by atoms with E-state index in [2.05, 4.69) is 15.9 Å². The van der Waals surface area contributed by atoms with E-state index in [0.29, 0.717) is 18.4 Å². The van der Waals surface area contributed by atoms with Gasteiger partial charge in [-0.2, -0.15) is 0 Å². The fourth-order valence-electron chi connectivity index (χ4n) is 1.89. The summed E-state index contributed by atoms with van der Waals surface area (Å²) < 4.78 is 14.0. The van der Waals surface area contributed by atoms with Crippen LogP contribution < -0.4 is 0 Å². The second kappa shape index (κ2) is 6.30. The van der Waals surface area contributed by atoms with Crippen LogP contribution in [-0.2, 0) is 17.6 Å². The summed E-state index contributed by atoms with van der Waals surface area (Å²) in [5.41, 5.74) is 0.708. The Kier molecular flexibility index (Phi) is 4.71. The van der Waals surface area contributed by atoms with Gasteiger partial charge < -0.3 is 5.11 Å².